The van der Waals surface area contributed by atoms with Gasteiger partial charge >= 0.3 is 0 Å². The molecule has 1 aliphatic carbocycles. The van der Waals surface area contributed by atoms with Crippen LogP contribution in [0.5, 0.6) is 0 Å². The lowest BCUT2D eigenvalue weighted by molar-refractivity contribution is -0.385. The SMILES string of the molecule is Cc1cc2c(cc1[N+](=O)[O-])C(=O)C1NC=C(Br)CC=C1CC2. The fourth-order valence-electron chi connectivity index (χ4n) is 3.00. The van der Waals surface area contributed by atoms with Crippen LogP contribution in [0.4, 0.5) is 5.69 Å². The summed E-state index contributed by atoms with van der Waals surface area (Å²) in [6.07, 6.45) is 6.11. The molecule has 6 heteroatoms. The van der Waals surface area contributed by atoms with Crippen molar-refractivity contribution in [2.24, 2.45) is 0 Å². The van der Waals surface area contributed by atoms with Crippen LogP contribution in [0, 0.1) is 17.0 Å². The molecule has 0 saturated carbocycles. The van der Waals surface area contributed by atoms with Crippen LogP contribution in [0.2, 0.25) is 0 Å². The molecule has 0 spiro atoms. The number of fused-ring (bicyclic) bond motifs is 2. The Balaban J connectivity index is 2.09. The number of hydrogen-bond donors (Lipinski definition) is 1. The number of aryl methyl sites for hydroxylation is 2. The molecule has 3 rings (SSSR count). The lowest BCUT2D eigenvalue weighted by Crippen LogP contribution is -2.34. The molecule has 0 fully saturated rings. The summed E-state index contributed by atoms with van der Waals surface area (Å²) < 4.78 is 0.982. The number of hydrogen-bond acceptors (Lipinski definition) is 4. The second kappa shape index (κ2) is 5.68. The molecule has 0 saturated heterocycles. The van der Waals surface area contributed by atoms with Crippen LogP contribution in [-0.4, -0.2) is 16.7 Å². The molecule has 1 heterocycles. The summed E-state index contributed by atoms with van der Waals surface area (Å²) in [7, 11) is 0. The van der Waals surface area contributed by atoms with Crippen molar-refractivity contribution in [1.82, 2.24) is 5.32 Å². The highest BCUT2D eigenvalue weighted by Crippen LogP contribution is 2.31. The first kappa shape index (κ1) is 15.0. The van der Waals surface area contributed by atoms with E-state index in [2.05, 4.69) is 27.3 Å². The monoisotopic (exact) mass is 362 g/mol. The third kappa shape index (κ3) is 2.59. The van der Waals surface area contributed by atoms with Crippen molar-refractivity contribution in [3.8, 4) is 0 Å². The van der Waals surface area contributed by atoms with Gasteiger partial charge in [-0.25, -0.2) is 0 Å². The number of ketones is 1. The van der Waals surface area contributed by atoms with Crippen LogP contribution in [0.1, 0.15) is 34.3 Å². The molecule has 1 atom stereocenters. The van der Waals surface area contributed by atoms with Crippen LogP contribution >= 0.6 is 15.9 Å². The first-order valence-electron chi connectivity index (χ1n) is 7.09. The Morgan fingerprint density at radius 2 is 2.14 bits per heavy atom. The van der Waals surface area contributed by atoms with E-state index in [9.17, 15) is 14.9 Å². The van der Waals surface area contributed by atoms with E-state index < -0.39 is 11.0 Å². The van der Waals surface area contributed by atoms with Crippen molar-refractivity contribution in [2.45, 2.75) is 32.2 Å². The number of nitro groups is 1. The predicted octanol–water partition coefficient (Wildman–Crippen LogP) is 3.56. The van der Waals surface area contributed by atoms with Crippen LogP contribution in [0.15, 0.2) is 34.5 Å². The highest BCUT2D eigenvalue weighted by atomic mass is 79.9. The van der Waals surface area contributed by atoms with Crippen molar-refractivity contribution in [1.29, 1.82) is 0 Å². The number of carbonyl (C=O) groups is 1. The Labute approximate surface area is 136 Å². The summed E-state index contributed by atoms with van der Waals surface area (Å²) in [4.78, 5) is 23.5. The molecule has 0 aromatic heterocycles. The van der Waals surface area contributed by atoms with Gasteiger partial charge in [0, 0.05) is 27.9 Å². The van der Waals surface area contributed by atoms with Crippen LogP contribution < -0.4 is 5.32 Å². The smallest absolute Gasteiger partial charge is 0.273 e. The number of halogens is 1. The summed E-state index contributed by atoms with van der Waals surface area (Å²) in [5.74, 6) is -0.0969. The molecular weight excluding hydrogens is 348 g/mol. The lowest BCUT2D eigenvalue weighted by Gasteiger charge is -2.16. The van der Waals surface area contributed by atoms with Gasteiger partial charge in [0.1, 0.15) is 6.04 Å². The van der Waals surface area contributed by atoms with E-state index in [1.54, 1.807) is 19.2 Å². The first-order valence-corrected chi connectivity index (χ1v) is 7.88. The van der Waals surface area contributed by atoms with Crippen molar-refractivity contribution in [3.63, 3.8) is 0 Å². The second-order valence-electron chi connectivity index (χ2n) is 5.59. The molecule has 0 amide bonds. The minimum atomic E-state index is -0.432. The number of rotatable bonds is 1. The molecule has 0 radical (unpaired) electrons. The van der Waals surface area contributed by atoms with Crippen molar-refractivity contribution in [2.75, 3.05) is 0 Å². The molecular formula is C16H15BrN2O3. The predicted molar refractivity (Wildman–Crippen MR) is 87.1 cm³/mol. The number of Topliss-reactive ketones (excluding diaryl/α,β-unsaturated/α-hetero) is 1. The quantitative estimate of drug-likeness (QED) is 0.471. The average molecular weight is 363 g/mol. The van der Waals surface area contributed by atoms with Crippen LogP contribution in [0.25, 0.3) is 0 Å². The minimum Gasteiger partial charge on any atom is -0.377 e. The van der Waals surface area contributed by atoms with Crippen molar-refractivity contribution >= 4 is 27.4 Å². The van der Waals surface area contributed by atoms with E-state index in [4.69, 9.17) is 0 Å². The van der Waals surface area contributed by atoms with Gasteiger partial charge in [-0.05, 0) is 43.4 Å². The molecule has 0 bridgehead atoms. The number of carbonyl (C=O) groups excluding carboxylic acids is 1. The number of allylic oxidation sites excluding steroid dienone is 2. The summed E-state index contributed by atoms with van der Waals surface area (Å²) in [5.41, 5.74) is 3.01. The third-order valence-electron chi connectivity index (χ3n) is 4.17. The van der Waals surface area contributed by atoms with E-state index in [0.717, 1.165) is 34.9 Å². The Bertz CT molecular complexity index is 737. The molecule has 1 unspecified atom stereocenters. The van der Waals surface area contributed by atoms with Crippen molar-refractivity contribution in [3.05, 3.63) is 61.3 Å². The van der Waals surface area contributed by atoms with Gasteiger partial charge in [-0.3, -0.25) is 14.9 Å². The Morgan fingerprint density at radius 3 is 2.86 bits per heavy atom. The third-order valence-corrected chi connectivity index (χ3v) is 4.72. The maximum Gasteiger partial charge on any atom is 0.273 e. The van der Waals surface area contributed by atoms with Gasteiger partial charge < -0.3 is 5.32 Å². The molecule has 1 aliphatic heterocycles. The molecule has 5 nitrogen and oxygen atoms in total. The summed E-state index contributed by atoms with van der Waals surface area (Å²) in [6.45, 7) is 1.71. The maximum atomic E-state index is 12.8. The topological polar surface area (TPSA) is 72.2 Å². The van der Waals surface area contributed by atoms with Gasteiger partial charge in [0.2, 0.25) is 0 Å². The van der Waals surface area contributed by atoms with E-state index in [0.29, 0.717) is 11.1 Å². The maximum absolute atomic E-state index is 12.8. The fourth-order valence-corrected chi connectivity index (χ4v) is 3.29. The van der Waals surface area contributed by atoms with Gasteiger partial charge in [0.15, 0.2) is 5.78 Å². The highest BCUT2D eigenvalue weighted by molar-refractivity contribution is 9.11. The normalized spacial score (nSPS) is 20.6. The zero-order chi connectivity index (χ0) is 15.9. The Kier molecular flexibility index (Phi) is 3.87. The van der Waals surface area contributed by atoms with E-state index >= 15 is 0 Å². The zero-order valence-corrected chi connectivity index (χ0v) is 13.6. The van der Waals surface area contributed by atoms with E-state index in [-0.39, 0.29) is 11.5 Å². The Morgan fingerprint density at radius 1 is 1.36 bits per heavy atom. The first-order chi connectivity index (χ1) is 10.5. The average Bonchev–Trinajstić information content (AvgIpc) is 2.72. The van der Waals surface area contributed by atoms with Gasteiger partial charge in [0.05, 0.1) is 4.92 Å². The van der Waals surface area contributed by atoms with Crippen LogP contribution in [-0.2, 0) is 6.42 Å². The molecule has 22 heavy (non-hydrogen) atoms. The van der Waals surface area contributed by atoms with E-state index in [1.807, 2.05) is 0 Å². The summed E-state index contributed by atoms with van der Waals surface area (Å²) >= 11 is 3.44. The van der Waals surface area contributed by atoms with Crippen LogP contribution in [0.3, 0.4) is 0 Å². The molecule has 1 aromatic carbocycles. The molecule has 1 aromatic rings. The van der Waals surface area contributed by atoms with E-state index in [1.165, 1.54) is 6.07 Å². The fraction of sp³-hybridized carbons (Fsp3) is 0.312. The lowest BCUT2D eigenvalue weighted by atomic mass is 9.96. The largest absolute Gasteiger partial charge is 0.377 e. The number of nitrogens with zero attached hydrogens (tertiary/aromatic N) is 1. The molecule has 114 valence electrons. The van der Waals surface area contributed by atoms with Gasteiger partial charge in [-0.1, -0.05) is 22.0 Å². The van der Waals surface area contributed by atoms with Gasteiger partial charge in [0.25, 0.3) is 5.69 Å². The van der Waals surface area contributed by atoms with Crippen molar-refractivity contribution < 1.29 is 9.72 Å². The van der Waals surface area contributed by atoms with Gasteiger partial charge in [-0.2, -0.15) is 0 Å². The summed E-state index contributed by atoms with van der Waals surface area (Å²) in [5, 5.41) is 14.3. The Hall–Kier alpha value is -1.95. The number of nitrogens with one attached hydrogen (secondary N) is 1. The highest BCUT2D eigenvalue weighted by Gasteiger charge is 2.31. The minimum absolute atomic E-state index is 0.00451. The van der Waals surface area contributed by atoms with Gasteiger partial charge in [-0.15, -0.1) is 0 Å². The summed E-state index contributed by atoms with van der Waals surface area (Å²) in [6, 6.07) is 2.78. The second-order valence-corrected chi connectivity index (χ2v) is 6.61. The zero-order valence-electron chi connectivity index (χ0n) is 12.1. The molecule has 2 aliphatic rings. The standard InChI is InChI=1S/C16H15BrN2O3/c1-9-6-11-3-2-10-4-5-12(17)8-18-15(10)16(20)13(11)7-14(9)19(21)22/h4,6-8,15,18H,2-3,5H2,1H3. The number of benzene rings is 1. The number of nitro benzene ring substituents is 1. The molecule has 1 N–H and O–H groups in total.